The van der Waals surface area contributed by atoms with Gasteiger partial charge in [0.2, 0.25) is 5.91 Å². The van der Waals surface area contributed by atoms with Gasteiger partial charge in [0.25, 0.3) is 0 Å². The second-order valence-corrected chi connectivity index (χ2v) is 5.37. The van der Waals surface area contributed by atoms with Crippen molar-refractivity contribution in [1.29, 1.82) is 0 Å². The lowest BCUT2D eigenvalue weighted by Crippen LogP contribution is -2.38. The minimum Gasteiger partial charge on any atom is -0.353 e. The van der Waals surface area contributed by atoms with Gasteiger partial charge in [-0.15, -0.1) is 12.4 Å². The zero-order valence-electron chi connectivity index (χ0n) is 11.1. The van der Waals surface area contributed by atoms with Gasteiger partial charge in [-0.3, -0.25) is 4.79 Å². The Morgan fingerprint density at radius 1 is 1.41 bits per heavy atom. The first-order valence-electron chi connectivity index (χ1n) is 6.63. The minimum atomic E-state index is 0. The number of hydrogen-bond acceptors (Lipinski definition) is 2. The number of halogens is 1. The number of rotatable bonds is 6. The van der Waals surface area contributed by atoms with E-state index in [1.165, 1.54) is 25.7 Å². The van der Waals surface area contributed by atoms with Crippen LogP contribution in [0.1, 0.15) is 52.4 Å². The Bertz CT molecular complexity index is 221. The van der Waals surface area contributed by atoms with Crippen LogP contribution in [0.5, 0.6) is 0 Å². The predicted molar refractivity (Wildman–Crippen MR) is 74.3 cm³/mol. The molecule has 1 aliphatic rings. The molecular weight excluding hydrogens is 236 g/mol. The molecule has 0 aliphatic heterocycles. The molecule has 0 radical (unpaired) electrons. The summed E-state index contributed by atoms with van der Waals surface area (Å²) in [5.41, 5.74) is 5.38. The molecule has 0 aromatic rings. The van der Waals surface area contributed by atoms with Crippen LogP contribution in [0.3, 0.4) is 0 Å². The van der Waals surface area contributed by atoms with E-state index in [4.69, 9.17) is 5.73 Å². The van der Waals surface area contributed by atoms with Crippen LogP contribution >= 0.6 is 12.4 Å². The van der Waals surface area contributed by atoms with Crippen molar-refractivity contribution in [3.63, 3.8) is 0 Å². The van der Waals surface area contributed by atoms with Gasteiger partial charge >= 0.3 is 0 Å². The third kappa shape index (κ3) is 6.27. The lowest BCUT2D eigenvalue weighted by Gasteiger charge is -2.21. The first-order valence-corrected chi connectivity index (χ1v) is 6.63. The smallest absolute Gasteiger partial charge is 0.221 e. The van der Waals surface area contributed by atoms with Gasteiger partial charge in [0.15, 0.2) is 0 Å². The molecule has 1 aliphatic carbocycles. The summed E-state index contributed by atoms with van der Waals surface area (Å²) in [5.74, 6) is 1.59. The average Bonchev–Trinajstić information content (AvgIpc) is 2.62. The summed E-state index contributed by atoms with van der Waals surface area (Å²) in [6, 6.07) is 0.415. The van der Waals surface area contributed by atoms with Crippen molar-refractivity contribution >= 4 is 18.3 Å². The number of carbonyl (C=O) groups excluding carboxylic acids is 1. The summed E-state index contributed by atoms with van der Waals surface area (Å²) in [7, 11) is 0. The first-order chi connectivity index (χ1) is 7.63. The normalized spacial score (nSPS) is 23.5. The molecule has 1 fully saturated rings. The molecule has 4 heteroatoms. The van der Waals surface area contributed by atoms with Crippen molar-refractivity contribution in [2.45, 2.75) is 58.4 Å². The SMILES string of the molecule is CC(C)CCC1CCCC1NC(=O)CCN.Cl. The van der Waals surface area contributed by atoms with Gasteiger partial charge in [-0.05, 0) is 31.1 Å². The average molecular weight is 263 g/mol. The zero-order chi connectivity index (χ0) is 12.0. The van der Waals surface area contributed by atoms with E-state index in [0.717, 1.165) is 12.3 Å². The monoisotopic (exact) mass is 262 g/mol. The third-order valence-electron chi connectivity index (χ3n) is 3.49. The summed E-state index contributed by atoms with van der Waals surface area (Å²) in [6.45, 7) is 4.98. The van der Waals surface area contributed by atoms with E-state index in [1.807, 2.05) is 0 Å². The van der Waals surface area contributed by atoms with Crippen molar-refractivity contribution in [1.82, 2.24) is 5.32 Å². The molecule has 1 amide bonds. The molecule has 3 N–H and O–H groups in total. The molecule has 0 bridgehead atoms. The Kier molecular flexibility index (Phi) is 8.61. The second kappa shape index (κ2) is 8.76. The summed E-state index contributed by atoms with van der Waals surface area (Å²) in [4.78, 5) is 11.5. The highest BCUT2D eigenvalue weighted by molar-refractivity contribution is 5.85. The Labute approximate surface area is 111 Å². The quantitative estimate of drug-likeness (QED) is 0.773. The summed E-state index contributed by atoms with van der Waals surface area (Å²) < 4.78 is 0. The zero-order valence-corrected chi connectivity index (χ0v) is 11.9. The van der Waals surface area contributed by atoms with E-state index in [-0.39, 0.29) is 18.3 Å². The number of hydrogen-bond donors (Lipinski definition) is 2. The Hall–Kier alpha value is -0.280. The van der Waals surface area contributed by atoms with Crippen LogP contribution < -0.4 is 11.1 Å². The summed E-state index contributed by atoms with van der Waals surface area (Å²) >= 11 is 0. The molecule has 0 saturated heterocycles. The largest absolute Gasteiger partial charge is 0.353 e. The topological polar surface area (TPSA) is 55.1 Å². The molecule has 0 aromatic heterocycles. The number of amides is 1. The maximum atomic E-state index is 11.5. The number of carbonyl (C=O) groups is 1. The lowest BCUT2D eigenvalue weighted by molar-refractivity contribution is -0.121. The van der Waals surface area contributed by atoms with Gasteiger partial charge in [-0.25, -0.2) is 0 Å². The fourth-order valence-electron chi connectivity index (χ4n) is 2.53. The summed E-state index contributed by atoms with van der Waals surface area (Å²) in [6.07, 6.45) is 6.68. The van der Waals surface area contributed by atoms with Gasteiger partial charge in [-0.2, -0.15) is 0 Å². The van der Waals surface area contributed by atoms with Crippen molar-refractivity contribution < 1.29 is 4.79 Å². The molecule has 0 aromatic carbocycles. The first kappa shape index (κ1) is 16.7. The second-order valence-electron chi connectivity index (χ2n) is 5.37. The van der Waals surface area contributed by atoms with Crippen LogP contribution in [0.2, 0.25) is 0 Å². The molecule has 2 unspecified atom stereocenters. The van der Waals surface area contributed by atoms with E-state index < -0.39 is 0 Å². The van der Waals surface area contributed by atoms with Crippen LogP contribution in [0, 0.1) is 11.8 Å². The van der Waals surface area contributed by atoms with Crippen LogP contribution in [0.25, 0.3) is 0 Å². The molecular formula is C13H27ClN2O. The highest BCUT2D eigenvalue weighted by Crippen LogP contribution is 2.30. The maximum Gasteiger partial charge on any atom is 0.221 e. The fourth-order valence-corrected chi connectivity index (χ4v) is 2.53. The van der Waals surface area contributed by atoms with E-state index >= 15 is 0 Å². The van der Waals surface area contributed by atoms with Gasteiger partial charge in [0.1, 0.15) is 0 Å². The van der Waals surface area contributed by atoms with Crippen molar-refractivity contribution in [2.24, 2.45) is 17.6 Å². The standard InChI is InChI=1S/C13H26N2O.ClH/c1-10(2)6-7-11-4-3-5-12(11)15-13(16)8-9-14;/h10-12H,3-9,14H2,1-2H3,(H,15,16);1H. The molecule has 102 valence electrons. The van der Waals surface area contributed by atoms with Gasteiger partial charge in [0, 0.05) is 19.0 Å². The van der Waals surface area contributed by atoms with E-state index in [1.54, 1.807) is 0 Å². The Balaban J connectivity index is 0.00000256. The van der Waals surface area contributed by atoms with Gasteiger partial charge in [0.05, 0.1) is 0 Å². The molecule has 3 nitrogen and oxygen atoms in total. The molecule has 0 heterocycles. The Morgan fingerprint density at radius 2 is 2.12 bits per heavy atom. The molecule has 0 spiro atoms. The molecule has 1 saturated carbocycles. The van der Waals surface area contributed by atoms with E-state index in [9.17, 15) is 4.79 Å². The van der Waals surface area contributed by atoms with Crippen LogP contribution in [-0.4, -0.2) is 18.5 Å². The van der Waals surface area contributed by atoms with Crippen molar-refractivity contribution in [2.75, 3.05) is 6.54 Å². The molecule has 2 atom stereocenters. The Morgan fingerprint density at radius 3 is 2.71 bits per heavy atom. The van der Waals surface area contributed by atoms with E-state index in [0.29, 0.717) is 24.9 Å². The highest BCUT2D eigenvalue weighted by atomic mass is 35.5. The number of nitrogens with two attached hydrogens (primary N) is 1. The van der Waals surface area contributed by atoms with Crippen molar-refractivity contribution in [3.05, 3.63) is 0 Å². The third-order valence-corrected chi connectivity index (χ3v) is 3.49. The minimum absolute atomic E-state index is 0. The fraction of sp³-hybridized carbons (Fsp3) is 0.923. The van der Waals surface area contributed by atoms with E-state index in [2.05, 4.69) is 19.2 Å². The molecule has 17 heavy (non-hydrogen) atoms. The van der Waals surface area contributed by atoms with Gasteiger partial charge in [-0.1, -0.05) is 26.7 Å². The van der Waals surface area contributed by atoms with Gasteiger partial charge < -0.3 is 11.1 Å². The van der Waals surface area contributed by atoms with Crippen molar-refractivity contribution in [3.8, 4) is 0 Å². The van der Waals surface area contributed by atoms with Crippen LogP contribution in [0.4, 0.5) is 0 Å². The summed E-state index contributed by atoms with van der Waals surface area (Å²) in [5, 5.41) is 3.13. The maximum absolute atomic E-state index is 11.5. The lowest BCUT2D eigenvalue weighted by atomic mass is 9.93. The van der Waals surface area contributed by atoms with Crippen LogP contribution in [-0.2, 0) is 4.79 Å². The number of nitrogens with one attached hydrogen (secondary N) is 1. The highest BCUT2D eigenvalue weighted by Gasteiger charge is 2.27. The van der Waals surface area contributed by atoms with Crippen LogP contribution in [0.15, 0.2) is 0 Å². The predicted octanol–water partition coefficient (Wildman–Crippen LogP) is 2.48. The molecule has 1 rings (SSSR count).